The van der Waals surface area contributed by atoms with Crippen molar-refractivity contribution in [3.63, 3.8) is 0 Å². The molecule has 1 N–H and O–H groups in total. The van der Waals surface area contributed by atoms with Crippen LogP contribution in [0, 0.1) is 5.82 Å². The molecule has 2 aromatic rings. The summed E-state index contributed by atoms with van der Waals surface area (Å²) in [5.41, 5.74) is 1.09. The zero-order chi connectivity index (χ0) is 16.1. The third-order valence-corrected chi connectivity index (χ3v) is 4.18. The van der Waals surface area contributed by atoms with E-state index in [0.29, 0.717) is 23.4 Å². The van der Waals surface area contributed by atoms with Crippen LogP contribution in [0.2, 0.25) is 10.3 Å². The van der Waals surface area contributed by atoms with Crippen molar-refractivity contribution >= 4 is 29.1 Å². The zero-order valence-electron chi connectivity index (χ0n) is 11.9. The molecule has 1 aliphatic rings. The number of carbonyl (C=O) groups is 1. The molecule has 0 spiro atoms. The van der Waals surface area contributed by atoms with Gasteiger partial charge in [0.1, 0.15) is 5.82 Å². The summed E-state index contributed by atoms with van der Waals surface area (Å²) in [6.45, 7) is 4.30. The summed E-state index contributed by atoms with van der Waals surface area (Å²) >= 11 is 11.9. The van der Waals surface area contributed by atoms with Gasteiger partial charge < -0.3 is 5.32 Å². The number of hydrogen-bond acceptors (Lipinski definition) is 3. The smallest absolute Gasteiger partial charge is 0.254 e. The van der Waals surface area contributed by atoms with Crippen LogP contribution in [-0.2, 0) is 5.41 Å². The van der Waals surface area contributed by atoms with Gasteiger partial charge in [-0.05, 0) is 29.3 Å². The summed E-state index contributed by atoms with van der Waals surface area (Å²) < 4.78 is 14.5. The minimum absolute atomic E-state index is 0.0227. The van der Waals surface area contributed by atoms with Crippen LogP contribution in [-0.4, -0.2) is 22.4 Å². The van der Waals surface area contributed by atoms with Crippen molar-refractivity contribution in [3.05, 3.63) is 45.6 Å². The van der Waals surface area contributed by atoms with E-state index in [4.69, 9.17) is 23.2 Å². The Hall–Kier alpha value is -1.72. The van der Waals surface area contributed by atoms with Crippen molar-refractivity contribution in [2.24, 2.45) is 0 Å². The maximum Gasteiger partial charge on any atom is 0.254 e. The standard InChI is InChI=1S/C15H12Cl2FN3O/c1-15(2)6-20-13(22)11-8(15)3-7(4-10(11)18)12-9(16)5-19-14(17)21-12/h3-5H,6H2,1-2H3,(H,20,22). The van der Waals surface area contributed by atoms with E-state index in [2.05, 4.69) is 15.3 Å². The van der Waals surface area contributed by atoms with Gasteiger partial charge in [0.25, 0.3) is 5.91 Å². The quantitative estimate of drug-likeness (QED) is 0.807. The molecule has 0 aliphatic carbocycles. The molecule has 0 saturated carbocycles. The van der Waals surface area contributed by atoms with Crippen molar-refractivity contribution in [1.82, 2.24) is 15.3 Å². The lowest BCUT2D eigenvalue weighted by atomic mass is 9.78. The first-order chi connectivity index (χ1) is 10.3. The highest BCUT2D eigenvalue weighted by molar-refractivity contribution is 6.33. The second-order valence-electron chi connectivity index (χ2n) is 5.78. The van der Waals surface area contributed by atoms with Crippen LogP contribution in [0.3, 0.4) is 0 Å². The van der Waals surface area contributed by atoms with Gasteiger partial charge in [0, 0.05) is 17.5 Å². The highest BCUT2D eigenvalue weighted by Crippen LogP contribution is 2.36. The molecule has 2 heterocycles. The molecule has 1 amide bonds. The fourth-order valence-corrected chi connectivity index (χ4v) is 2.87. The van der Waals surface area contributed by atoms with Crippen LogP contribution >= 0.6 is 23.2 Å². The summed E-state index contributed by atoms with van der Waals surface area (Å²) in [7, 11) is 0. The van der Waals surface area contributed by atoms with E-state index in [-0.39, 0.29) is 15.9 Å². The van der Waals surface area contributed by atoms with Gasteiger partial charge in [0.15, 0.2) is 0 Å². The Balaban J connectivity index is 2.27. The minimum Gasteiger partial charge on any atom is -0.351 e. The van der Waals surface area contributed by atoms with Gasteiger partial charge in [-0.2, -0.15) is 0 Å². The SMILES string of the molecule is CC1(C)CNC(=O)c2c(F)cc(-c3nc(Cl)ncc3Cl)cc21. The van der Waals surface area contributed by atoms with Crippen molar-refractivity contribution in [1.29, 1.82) is 0 Å². The third-order valence-electron chi connectivity index (χ3n) is 3.73. The first kappa shape index (κ1) is 15.2. The topological polar surface area (TPSA) is 54.9 Å². The summed E-state index contributed by atoms with van der Waals surface area (Å²) in [5, 5.41) is 2.99. The van der Waals surface area contributed by atoms with Crippen molar-refractivity contribution < 1.29 is 9.18 Å². The number of aromatic nitrogens is 2. The maximum absolute atomic E-state index is 14.5. The average Bonchev–Trinajstić information content (AvgIpc) is 2.45. The zero-order valence-corrected chi connectivity index (χ0v) is 13.4. The van der Waals surface area contributed by atoms with E-state index in [1.807, 2.05) is 13.8 Å². The lowest BCUT2D eigenvalue weighted by Gasteiger charge is -2.33. The molecule has 114 valence electrons. The van der Waals surface area contributed by atoms with Crippen molar-refractivity contribution in [2.75, 3.05) is 6.54 Å². The second-order valence-corrected chi connectivity index (χ2v) is 6.53. The lowest BCUT2D eigenvalue weighted by molar-refractivity contribution is 0.0925. The molecule has 1 aromatic heterocycles. The van der Waals surface area contributed by atoms with Gasteiger partial charge in [0.05, 0.1) is 22.5 Å². The molecule has 0 unspecified atom stereocenters. The first-order valence-corrected chi connectivity index (χ1v) is 7.36. The third kappa shape index (κ3) is 2.44. The Morgan fingerprint density at radius 3 is 2.77 bits per heavy atom. The molecule has 3 rings (SSSR count). The fourth-order valence-electron chi connectivity index (χ4n) is 2.54. The van der Waals surface area contributed by atoms with Crippen LogP contribution in [0.25, 0.3) is 11.3 Å². The molecule has 1 aromatic carbocycles. The Labute approximate surface area is 136 Å². The highest BCUT2D eigenvalue weighted by atomic mass is 35.5. The molecule has 0 saturated heterocycles. The molecule has 0 bridgehead atoms. The van der Waals surface area contributed by atoms with Crippen LogP contribution in [0.15, 0.2) is 18.3 Å². The normalized spacial score (nSPS) is 16.1. The Morgan fingerprint density at radius 1 is 1.32 bits per heavy atom. The molecule has 4 nitrogen and oxygen atoms in total. The van der Waals surface area contributed by atoms with Crippen molar-refractivity contribution in [2.45, 2.75) is 19.3 Å². The summed E-state index contributed by atoms with van der Waals surface area (Å²) in [6, 6.07) is 2.98. The van der Waals surface area contributed by atoms with E-state index < -0.39 is 17.1 Å². The molecule has 1 aliphatic heterocycles. The van der Waals surface area contributed by atoms with E-state index in [9.17, 15) is 9.18 Å². The molecule has 22 heavy (non-hydrogen) atoms. The number of hydrogen-bond donors (Lipinski definition) is 1. The van der Waals surface area contributed by atoms with Gasteiger partial charge in [-0.1, -0.05) is 25.4 Å². The number of fused-ring (bicyclic) bond motifs is 1. The van der Waals surface area contributed by atoms with E-state index in [0.717, 1.165) is 0 Å². The molecular formula is C15H12Cl2FN3O. The number of nitrogens with one attached hydrogen (secondary N) is 1. The lowest BCUT2D eigenvalue weighted by Crippen LogP contribution is -2.44. The summed E-state index contributed by atoms with van der Waals surface area (Å²) in [4.78, 5) is 19.8. The van der Waals surface area contributed by atoms with E-state index >= 15 is 0 Å². The van der Waals surface area contributed by atoms with Gasteiger partial charge in [-0.25, -0.2) is 14.4 Å². The van der Waals surface area contributed by atoms with E-state index in [1.54, 1.807) is 6.07 Å². The van der Waals surface area contributed by atoms with Crippen LogP contribution in [0.4, 0.5) is 4.39 Å². The average molecular weight is 340 g/mol. The van der Waals surface area contributed by atoms with Gasteiger partial charge in [-0.15, -0.1) is 0 Å². The number of nitrogens with zero attached hydrogens (tertiary/aromatic N) is 2. The predicted molar refractivity (Wildman–Crippen MR) is 82.8 cm³/mol. The van der Waals surface area contributed by atoms with Crippen LogP contribution in [0.5, 0.6) is 0 Å². The number of rotatable bonds is 1. The Bertz CT molecular complexity index is 793. The minimum atomic E-state index is -0.608. The summed E-state index contributed by atoms with van der Waals surface area (Å²) in [6.07, 6.45) is 1.36. The Kier molecular flexibility index (Phi) is 3.57. The molecule has 7 heteroatoms. The number of halogens is 3. The number of amides is 1. The largest absolute Gasteiger partial charge is 0.351 e. The van der Waals surface area contributed by atoms with E-state index in [1.165, 1.54) is 12.3 Å². The van der Waals surface area contributed by atoms with Crippen LogP contribution < -0.4 is 5.32 Å². The molecule has 0 atom stereocenters. The number of benzene rings is 1. The Morgan fingerprint density at radius 2 is 2.05 bits per heavy atom. The highest BCUT2D eigenvalue weighted by Gasteiger charge is 2.34. The first-order valence-electron chi connectivity index (χ1n) is 6.60. The maximum atomic E-state index is 14.5. The second kappa shape index (κ2) is 5.18. The van der Waals surface area contributed by atoms with Gasteiger partial charge in [0.2, 0.25) is 5.28 Å². The number of carbonyl (C=O) groups excluding carboxylic acids is 1. The fraction of sp³-hybridized carbons (Fsp3) is 0.267. The predicted octanol–water partition coefficient (Wildman–Crippen LogP) is 3.61. The molecule has 0 fully saturated rings. The monoisotopic (exact) mass is 339 g/mol. The van der Waals surface area contributed by atoms with Crippen LogP contribution in [0.1, 0.15) is 29.8 Å². The molecular weight excluding hydrogens is 328 g/mol. The summed E-state index contributed by atoms with van der Waals surface area (Å²) in [5.74, 6) is -1.02. The van der Waals surface area contributed by atoms with Crippen molar-refractivity contribution in [3.8, 4) is 11.3 Å². The van der Waals surface area contributed by atoms with Gasteiger partial charge in [-0.3, -0.25) is 4.79 Å². The molecule has 0 radical (unpaired) electrons. The van der Waals surface area contributed by atoms with Gasteiger partial charge >= 0.3 is 0 Å².